The van der Waals surface area contributed by atoms with E-state index in [0.29, 0.717) is 13.0 Å². The Hall–Kier alpha value is -0.860. The summed E-state index contributed by atoms with van der Waals surface area (Å²) in [5.74, 6) is 0.166. The van der Waals surface area contributed by atoms with E-state index in [2.05, 4.69) is 6.92 Å². The fourth-order valence-electron chi connectivity index (χ4n) is 2.61. The van der Waals surface area contributed by atoms with Gasteiger partial charge in [-0.1, -0.05) is 6.92 Å². The minimum Gasteiger partial charge on any atom is -0.336 e. The first-order chi connectivity index (χ1) is 6.68. The van der Waals surface area contributed by atoms with Crippen LogP contribution in [0.15, 0.2) is 0 Å². The number of amides is 1. The van der Waals surface area contributed by atoms with Gasteiger partial charge in [0.05, 0.1) is 6.42 Å². The molecule has 1 aliphatic heterocycles. The van der Waals surface area contributed by atoms with Crippen LogP contribution in [0.4, 0.5) is 0 Å². The first-order valence-corrected chi connectivity index (χ1v) is 5.50. The zero-order chi connectivity index (χ0) is 10.2. The van der Waals surface area contributed by atoms with Crippen LogP contribution < -0.4 is 0 Å². The normalized spacial score (nSPS) is 26.2. The summed E-state index contributed by atoms with van der Waals surface area (Å²) in [6.07, 6.45) is 5.22. The number of hydrogen-bond donors (Lipinski definition) is 0. The molecule has 0 aromatic carbocycles. The van der Waals surface area contributed by atoms with Crippen molar-refractivity contribution < 1.29 is 9.59 Å². The number of carbonyl (C=O) groups excluding carboxylic acids is 2. The molecule has 3 heteroatoms. The van der Waals surface area contributed by atoms with Crippen molar-refractivity contribution in [1.82, 2.24) is 4.90 Å². The Labute approximate surface area is 84.5 Å². The summed E-state index contributed by atoms with van der Waals surface area (Å²) in [6, 6.07) is 0. The maximum absolute atomic E-state index is 11.7. The van der Waals surface area contributed by atoms with Crippen LogP contribution in [0.25, 0.3) is 0 Å². The Bertz CT molecular complexity index is 263. The smallest absolute Gasteiger partial charge is 0.230 e. The summed E-state index contributed by atoms with van der Waals surface area (Å²) < 4.78 is 0. The molecule has 0 atom stereocenters. The van der Waals surface area contributed by atoms with Crippen molar-refractivity contribution in [2.45, 2.75) is 51.0 Å². The largest absolute Gasteiger partial charge is 0.336 e. The highest BCUT2D eigenvalue weighted by Crippen LogP contribution is 2.41. The summed E-state index contributed by atoms with van der Waals surface area (Å²) in [7, 11) is 0. The van der Waals surface area contributed by atoms with E-state index < -0.39 is 0 Å². The Morgan fingerprint density at radius 2 is 2.07 bits per heavy atom. The first kappa shape index (κ1) is 9.69. The minimum absolute atomic E-state index is 0.0581. The van der Waals surface area contributed by atoms with Gasteiger partial charge in [-0.3, -0.25) is 9.59 Å². The Balaban J connectivity index is 2.10. The van der Waals surface area contributed by atoms with E-state index >= 15 is 0 Å². The summed E-state index contributed by atoms with van der Waals surface area (Å²) in [5.41, 5.74) is 0.123. The number of nitrogens with zero attached hydrogens (tertiary/aromatic N) is 1. The molecule has 0 unspecified atom stereocenters. The average molecular weight is 195 g/mol. The van der Waals surface area contributed by atoms with E-state index in [1.165, 1.54) is 6.42 Å². The molecule has 2 fully saturated rings. The molecule has 0 aromatic rings. The zero-order valence-electron chi connectivity index (χ0n) is 8.71. The van der Waals surface area contributed by atoms with Crippen LogP contribution in [0, 0.1) is 0 Å². The third-order valence-electron chi connectivity index (χ3n) is 3.78. The van der Waals surface area contributed by atoms with Crippen LogP contribution in [0.2, 0.25) is 0 Å². The molecule has 2 rings (SSSR count). The molecule has 0 bridgehead atoms. The van der Waals surface area contributed by atoms with E-state index in [1.807, 2.05) is 4.90 Å². The molecule has 0 radical (unpaired) electrons. The van der Waals surface area contributed by atoms with Gasteiger partial charge in [-0.2, -0.15) is 0 Å². The van der Waals surface area contributed by atoms with Gasteiger partial charge in [-0.05, 0) is 25.7 Å². The SMILES string of the molecule is CCC1(N2CCC(=O)CC2=O)CCC1. The second-order valence-corrected chi connectivity index (χ2v) is 4.44. The van der Waals surface area contributed by atoms with Crippen molar-refractivity contribution in [3.8, 4) is 0 Å². The Kier molecular flexibility index (Phi) is 2.33. The van der Waals surface area contributed by atoms with Crippen molar-refractivity contribution in [3.63, 3.8) is 0 Å². The second kappa shape index (κ2) is 3.37. The molecule has 0 aromatic heterocycles. The van der Waals surface area contributed by atoms with Crippen molar-refractivity contribution in [3.05, 3.63) is 0 Å². The number of likely N-dealkylation sites (tertiary alicyclic amines) is 1. The fourth-order valence-corrected chi connectivity index (χ4v) is 2.61. The highest BCUT2D eigenvalue weighted by Gasteiger charge is 2.44. The first-order valence-electron chi connectivity index (χ1n) is 5.50. The van der Waals surface area contributed by atoms with Crippen LogP contribution in [-0.2, 0) is 9.59 Å². The second-order valence-electron chi connectivity index (χ2n) is 4.44. The number of piperidine rings is 1. The fraction of sp³-hybridized carbons (Fsp3) is 0.818. The third kappa shape index (κ3) is 1.35. The van der Waals surface area contributed by atoms with E-state index in [0.717, 1.165) is 19.3 Å². The molecular formula is C11H17NO2. The van der Waals surface area contributed by atoms with Crippen LogP contribution in [0.3, 0.4) is 0 Å². The molecule has 0 N–H and O–H groups in total. The average Bonchev–Trinajstić information content (AvgIpc) is 2.07. The molecular weight excluding hydrogens is 178 g/mol. The van der Waals surface area contributed by atoms with E-state index in [4.69, 9.17) is 0 Å². The zero-order valence-corrected chi connectivity index (χ0v) is 8.71. The molecule has 1 aliphatic carbocycles. The molecule has 1 amide bonds. The van der Waals surface area contributed by atoms with Crippen LogP contribution in [0.1, 0.15) is 45.4 Å². The van der Waals surface area contributed by atoms with Crippen molar-refractivity contribution in [1.29, 1.82) is 0 Å². The van der Waals surface area contributed by atoms with Crippen LogP contribution in [-0.4, -0.2) is 28.7 Å². The molecule has 78 valence electrons. The monoisotopic (exact) mass is 195 g/mol. The van der Waals surface area contributed by atoms with Gasteiger partial charge < -0.3 is 4.90 Å². The quantitative estimate of drug-likeness (QED) is 0.626. The third-order valence-corrected chi connectivity index (χ3v) is 3.78. The molecule has 1 saturated heterocycles. The van der Waals surface area contributed by atoms with Gasteiger partial charge in [0.25, 0.3) is 0 Å². The number of ketones is 1. The molecule has 14 heavy (non-hydrogen) atoms. The molecule has 0 spiro atoms. The lowest BCUT2D eigenvalue weighted by Gasteiger charge is -2.51. The maximum atomic E-state index is 11.7. The minimum atomic E-state index is 0.0581. The summed E-state index contributed by atoms with van der Waals surface area (Å²) in [4.78, 5) is 24.8. The van der Waals surface area contributed by atoms with Crippen molar-refractivity contribution in [2.24, 2.45) is 0 Å². The number of Topliss-reactive ketones (excluding diaryl/α,β-unsaturated/α-hetero) is 1. The number of carbonyl (C=O) groups is 2. The topological polar surface area (TPSA) is 37.4 Å². The maximum Gasteiger partial charge on any atom is 0.230 e. The molecule has 1 heterocycles. The van der Waals surface area contributed by atoms with Gasteiger partial charge >= 0.3 is 0 Å². The van der Waals surface area contributed by atoms with Gasteiger partial charge in [0, 0.05) is 18.5 Å². The lowest BCUT2D eigenvalue weighted by molar-refractivity contribution is -0.149. The van der Waals surface area contributed by atoms with E-state index in [1.54, 1.807) is 0 Å². The standard InChI is InChI=1S/C11H17NO2/c1-2-11(5-3-6-11)12-7-4-9(13)8-10(12)14/h2-8H2,1H3. The van der Waals surface area contributed by atoms with Gasteiger partial charge in [0.2, 0.25) is 5.91 Å². The number of hydrogen-bond acceptors (Lipinski definition) is 2. The Morgan fingerprint density at radius 1 is 1.36 bits per heavy atom. The molecule has 2 aliphatic rings. The Morgan fingerprint density at radius 3 is 2.50 bits per heavy atom. The lowest BCUT2D eigenvalue weighted by Crippen LogP contribution is -2.58. The predicted octanol–water partition coefficient (Wildman–Crippen LogP) is 1.51. The summed E-state index contributed by atoms with van der Waals surface area (Å²) in [6.45, 7) is 2.80. The summed E-state index contributed by atoms with van der Waals surface area (Å²) in [5, 5.41) is 0. The van der Waals surface area contributed by atoms with Gasteiger partial charge in [0.1, 0.15) is 5.78 Å². The van der Waals surface area contributed by atoms with Crippen LogP contribution in [0.5, 0.6) is 0 Å². The predicted molar refractivity (Wildman–Crippen MR) is 52.8 cm³/mol. The lowest BCUT2D eigenvalue weighted by atomic mass is 9.72. The van der Waals surface area contributed by atoms with Crippen molar-refractivity contribution in [2.75, 3.05) is 6.54 Å². The van der Waals surface area contributed by atoms with E-state index in [9.17, 15) is 9.59 Å². The highest BCUT2D eigenvalue weighted by atomic mass is 16.2. The molecule has 1 saturated carbocycles. The van der Waals surface area contributed by atoms with Crippen LogP contribution >= 0.6 is 0 Å². The summed E-state index contributed by atoms with van der Waals surface area (Å²) >= 11 is 0. The van der Waals surface area contributed by atoms with E-state index in [-0.39, 0.29) is 23.7 Å². The van der Waals surface area contributed by atoms with Crippen molar-refractivity contribution >= 4 is 11.7 Å². The highest BCUT2D eigenvalue weighted by molar-refractivity contribution is 6.00. The van der Waals surface area contributed by atoms with Gasteiger partial charge in [-0.25, -0.2) is 0 Å². The van der Waals surface area contributed by atoms with Gasteiger partial charge in [0.15, 0.2) is 0 Å². The van der Waals surface area contributed by atoms with Gasteiger partial charge in [-0.15, -0.1) is 0 Å². The number of rotatable bonds is 2. The molecule has 3 nitrogen and oxygen atoms in total.